The molecule has 1 aromatic heterocycles. The molecule has 6 nitrogen and oxygen atoms in total. The predicted molar refractivity (Wildman–Crippen MR) is 82.8 cm³/mol. The minimum atomic E-state index is 0.0612. The van der Waals surface area contributed by atoms with E-state index in [2.05, 4.69) is 34.6 Å². The third kappa shape index (κ3) is 2.94. The van der Waals surface area contributed by atoms with Crippen LogP contribution in [0.3, 0.4) is 0 Å². The van der Waals surface area contributed by atoms with Crippen LogP contribution in [0.1, 0.15) is 5.69 Å². The largest absolute Gasteiger partial charge is 0.374 e. The molecular formula is C15H23N5O. The number of para-hydroxylation sites is 1. The number of likely N-dealkylation sites (N-methyl/N-ethyl adjacent to an activating group) is 1. The molecule has 0 amide bonds. The van der Waals surface area contributed by atoms with Crippen LogP contribution in [0.5, 0.6) is 0 Å². The van der Waals surface area contributed by atoms with E-state index < -0.39 is 0 Å². The van der Waals surface area contributed by atoms with E-state index in [-0.39, 0.29) is 12.1 Å². The first-order chi connectivity index (χ1) is 10.2. The zero-order chi connectivity index (χ0) is 14.8. The summed E-state index contributed by atoms with van der Waals surface area (Å²) in [5.41, 5.74) is 5.12. The highest BCUT2D eigenvalue weighted by molar-refractivity contribution is 5.81. The van der Waals surface area contributed by atoms with Gasteiger partial charge in [-0.15, -0.1) is 0 Å². The first-order valence-electron chi connectivity index (χ1n) is 7.36. The number of aromatic nitrogens is 2. The van der Waals surface area contributed by atoms with Crippen LogP contribution in [-0.2, 0) is 18.2 Å². The summed E-state index contributed by atoms with van der Waals surface area (Å²) in [6, 6.07) is 8.33. The molecule has 1 aliphatic heterocycles. The minimum absolute atomic E-state index is 0.0612. The Labute approximate surface area is 124 Å². The number of nitrogens with two attached hydrogens (primary N) is 1. The van der Waals surface area contributed by atoms with Crippen molar-refractivity contribution in [3.05, 3.63) is 30.0 Å². The Morgan fingerprint density at radius 1 is 1.43 bits per heavy atom. The molecule has 0 spiro atoms. The summed E-state index contributed by atoms with van der Waals surface area (Å²) in [7, 11) is 4.08. The molecule has 0 radical (unpaired) electrons. The molecule has 21 heavy (non-hydrogen) atoms. The second-order valence-corrected chi connectivity index (χ2v) is 5.74. The van der Waals surface area contributed by atoms with Crippen molar-refractivity contribution in [1.29, 1.82) is 0 Å². The second-order valence-electron chi connectivity index (χ2n) is 5.74. The number of fused-ring (bicyclic) bond motifs is 1. The molecule has 6 heteroatoms. The summed E-state index contributed by atoms with van der Waals surface area (Å²) in [6.45, 7) is 2.61. The first kappa shape index (κ1) is 14.5. The summed E-state index contributed by atoms with van der Waals surface area (Å²) in [5, 5.41) is 5.83. The standard InChI is InChI=1S/C15H23N5O/c1-19-7-8-21-15(10-19)13(17-16)9-12-11-5-3-4-6-14(11)20(2)18-12/h3-6,13,15,17H,7-10,16H2,1-2H3. The number of nitrogens with zero attached hydrogens (tertiary/aromatic N) is 3. The molecule has 3 N–H and O–H groups in total. The number of benzene rings is 1. The molecular weight excluding hydrogens is 266 g/mol. The molecule has 1 aliphatic rings. The predicted octanol–water partition coefficient (Wildman–Crippen LogP) is 0.278. The van der Waals surface area contributed by atoms with E-state index in [1.165, 1.54) is 5.39 Å². The van der Waals surface area contributed by atoms with Crippen LogP contribution in [-0.4, -0.2) is 53.6 Å². The number of morpholine rings is 1. The molecule has 2 heterocycles. The SMILES string of the molecule is CN1CCOC(C(Cc2nn(C)c3ccccc23)NN)C1. The fourth-order valence-electron chi connectivity index (χ4n) is 3.00. The highest BCUT2D eigenvalue weighted by atomic mass is 16.5. The molecule has 0 aliphatic carbocycles. The average Bonchev–Trinajstić information content (AvgIpc) is 2.82. The maximum absolute atomic E-state index is 5.87. The van der Waals surface area contributed by atoms with E-state index in [9.17, 15) is 0 Å². The molecule has 2 atom stereocenters. The van der Waals surface area contributed by atoms with Crippen molar-refractivity contribution < 1.29 is 4.74 Å². The van der Waals surface area contributed by atoms with Gasteiger partial charge in [0.15, 0.2) is 0 Å². The Morgan fingerprint density at radius 3 is 3.00 bits per heavy atom. The maximum atomic E-state index is 5.87. The number of nitrogens with one attached hydrogen (secondary N) is 1. The van der Waals surface area contributed by atoms with E-state index in [4.69, 9.17) is 10.6 Å². The smallest absolute Gasteiger partial charge is 0.0872 e. The van der Waals surface area contributed by atoms with E-state index in [0.717, 1.165) is 37.3 Å². The van der Waals surface area contributed by atoms with Crippen LogP contribution >= 0.6 is 0 Å². The molecule has 1 saturated heterocycles. The summed E-state index contributed by atoms with van der Waals surface area (Å²) in [6.07, 6.45) is 0.852. The lowest BCUT2D eigenvalue weighted by Gasteiger charge is -2.34. The van der Waals surface area contributed by atoms with E-state index >= 15 is 0 Å². The lowest BCUT2D eigenvalue weighted by atomic mass is 10.0. The Morgan fingerprint density at radius 2 is 2.24 bits per heavy atom. The van der Waals surface area contributed by atoms with Crippen LogP contribution in [0.15, 0.2) is 24.3 Å². The lowest BCUT2D eigenvalue weighted by molar-refractivity contribution is -0.0385. The Balaban J connectivity index is 1.82. The minimum Gasteiger partial charge on any atom is -0.374 e. The zero-order valence-corrected chi connectivity index (χ0v) is 12.6. The van der Waals surface area contributed by atoms with Crippen molar-refractivity contribution in [2.75, 3.05) is 26.7 Å². The van der Waals surface area contributed by atoms with Gasteiger partial charge >= 0.3 is 0 Å². The number of rotatable bonds is 4. The molecule has 1 aromatic carbocycles. The van der Waals surface area contributed by atoms with Gasteiger partial charge in [0, 0.05) is 31.9 Å². The number of hydrogen-bond acceptors (Lipinski definition) is 5. The van der Waals surface area contributed by atoms with Gasteiger partial charge in [-0.05, 0) is 13.1 Å². The van der Waals surface area contributed by atoms with Gasteiger partial charge < -0.3 is 9.64 Å². The maximum Gasteiger partial charge on any atom is 0.0872 e. The van der Waals surface area contributed by atoms with Crippen LogP contribution in [0, 0.1) is 0 Å². The number of hydrogen-bond donors (Lipinski definition) is 2. The fraction of sp³-hybridized carbons (Fsp3) is 0.533. The summed E-state index contributed by atoms with van der Waals surface area (Å²) in [4.78, 5) is 2.27. The summed E-state index contributed by atoms with van der Waals surface area (Å²) in [5.74, 6) is 5.76. The Hall–Kier alpha value is -1.47. The number of hydrazine groups is 1. The average molecular weight is 289 g/mol. The van der Waals surface area contributed by atoms with Crippen molar-refractivity contribution in [2.24, 2.45) is 12.9 Å². The van der Waals surface area contributed by atoms with Gasteiger partial charge in [0.25, 0.3) is 0 Å². The van der Waals surface area contributed by atoms with Crippen LogP contribution in [0.4, 0.5) is 0 Å². The number of aryl methyl sites for hydroxylation is 1. The van der Waals surface area contributed by atoms with Gasteiger partial charge in [0.1, 0.15) is 0 Å². The highest BCUT2D eigenvalue weighted by Gasteiger charge is 2.27. The van der Waals surface area contributed by atoms with Crippen LogP contribution in [0.2, 0.25) is 0 Å². The van der Waals surface area contributed by atoms with Gasteiger partial charge in [-0.2, -0.15) is 5.10 Å². The topological polar surface area (TPSA) is 68.3 Å². The second kappa shape index (κ2) is 6.11. The van der Waals surface area contributed by atoms with Crippen molar-refractivity contribution in [3.8, 4) is 0 Å². The van der Waals surface area contributed by atoms with Crippen LogP contribution in [0.25, 0.3) is 10.9 Å². The van der Waals surface area contributed by atoms with Gasteiger partial charge in [-0.1, -0.05) is 18.2 Å². The number of ether oxygens (including phenoxy) is 1. The molecule has 0 bridgehead atoms. The normalized spacial score (nSPS) is 21.8. The zero-order valence-electron chi connectivity index (χ0n) is 12.6. The summed E-state index contributed by atoms with van der Waals surface area (Å²) < 4.78 is 7.80. The van der Waals surface area contributed by atoms with Crippen LogP contribution < -0.4 is 11.3 Å². The molecule has 2 unspecified atom stereocenters. The third-order valence-electron chi connectivity index (χ3n) is 4.21. The van der Waals surface area contributed by atoms with Gasteiger partial charge in [0.05, 0.1) is 30.0 Å². The Kier molecular flexibility index (Phi) is 4.21. The van der Waals surface area contributed by atoms with Crippen molar-refractivity contribution >= 4 is 10.9 Å². The fourth-order valence-corrected chi connectivity index (χ4v) is 3.00. The first-order valence-corrected chi connectivity index (χ1v) is 7.36. The molecule has 114 valence electrons. The highest BCUT2D eigenvalue weighted by Crippen LogP contribution is 2.20. The third-order valence-corrected chi connectivity index (χ3v) is 4.21. The summed E-state index contributed by atoms with van der Waals surface area (Å²) >= 11 is 0. The van der Waals surface area contributed by atoms with E-state index in [1.54, 1.807) is 0 Å². The monoisotopic (exact) mass is 289 g/mol. The van der Waals surface area contributed by atoms with Gasteiger partial charge in [-0.25, -0.2) is 0 Å². The van der Waals surface area contributed by atoms with Crippen molar-refractivity contribution in [3.63, 3.8) is 0 Å². The van der Waals surface area contributed by atoms with Crippen molar-refractivity contribution in [1.82, 2.24) is 20.1 Å². The quantitative estimate of drug-likeness (QED) is 0.625. The van der Waals surface area contributed by atoms with Gasteiger partial charge in [0.2, 0.25) is 0 Å². The Bertz CT molecular complexity index is 611. The van der Waals surface area contributed by atoms with E-state index in [0.29, 0.717) is 0 Å². The van der Waals surface area contributed by atoms with Gasteiger partial charge in [-0.3, -0.25) is 16.0 Å². The molecule has 0 saturated carbocycles. The lowest BCUT2D eigenvalue weighted by Crippen LogP contribution is -2.54. The van der Waals surface area contributed by atoms with Crippen molar-refractivity contribution in [2.45, 2.75) is 18.6 Å². The van der Waals surface area contributed by atoms with E-state index in [1.807, 2.05) is 23.9 Å². The molecule has 2 aromatic rings. The molecule has 3 rings (SSSR count). The molecule has 1 fully saturated rings.